The number of nitrogens with one attached hydrogen (secondary N) is 1. The molecule has 3 aromatic heterocycles. The number of anilines is 2. The van der Waals surface area contributed by atoms with Gasteiger partial charge in [0.25, 0.3) is 0 Å². The molecule has 0 atom stereocenters. The fraction of sp³-hybridized carbons (Fsp3) is 0.136. The summed E-state index contributed by atoms with van der Waals surface area (Å²) in [5.74, 6) is 0.534. The average molecular weight is 386 g/mol. The fourth-order valence-corrected chi connectivity index (χ4v) is 3.63. The first-order valence-corrected chi connectivity index (χ1v) is 9.49. The lowest BCUT2D eigenvalue weighted by Crippen LogP contribution is -2.02. The predicted molar refractivity (Wildman–Crippen MR) is 111 cm³/mol. The van der Waals surface area contributed by atoms with Gasteiger partial charge in [-0.15, -0.1) is 0 Å². The summed E-state index contributed by atoms with van der Waals surface area (Å²) in [5, 5.41) is 13.2. The Kier molecular flexibility index (Phi) is 4.20. The summed E-state index contributed by atoms with van der Waals surface area (Å²) in [6.07, 6.45) is 6.22. The molecule has 6 nitrogen and oxygen atoms in total. The smallest absolute Gasteiger partial charge is 0.158 e. The van der Waals surface area contributed by atoms with Crippen molar-refractivity contribution in [2.45, 2.75) is 19.9 Å². The number of hydrogen-bond donors (Lipinski definition) is 1. The Bertz CT molecular complexity index is 1320. The van der Waals surface area contributed by atoms with E-state index in [0.717, 1.165) is 39.9 Å². The first-order chi connectivity index (χ1) is 14.2. The van der Waals surface area contributed by atoms with Gasteiger partial charge in [0.05, 0.1) is 18.3 Å². The number of fused-ring (bicyclic) bond motifs is 2. The number of rotatable bonds is 5. The van der Waals surface area contributed by atoms with Crippen molar-refractivity contribution in [1.82, 2.24) is 24.4 Å². The van der Waals surface area contributed by atoms with Gasteiger partial charge in [0.2, 0.25) is 0 Å². The maximum absolute atomic E-state index is 13.5. The van der Waals surface area contributed by atoms with Crippen LogP contribution < -0.4 is 5.32 Å². The molecule has 29 heavy (non-hydrogen) atoms. The van der Waals surface area contributed by atoms with Crippen molar-refractivity contribution >= 4 is 27.9 Å². The highest BCUT2D eigenvalue weighted by Gasteiger charge is 2.10. The zero-order valence-corrected chi connectivity index (χ0v) is 15.9. The number of hydrogen-bond acceptors (Lipinski definition) is 4. The molecule has 0 bridgehead atoms. The Hall–Kier alpha value is -3.74. The lowest BCUT2D eigenvalue weighted by molar-refractivity contribution is 0.621. The summed E-state index contributed by atoms with van der Waals surface area (Å²) in [6.45, 7) is 2.63. The highest BCUT2D eigenvalue weighted by Crippen LogP contribution is 2.26. The Morgan fingerprint density at radius 2 is 2.00 bits per heavy atom. The molecule has 5 rings (SSSR count). The molecular weight excluding hydrogens is 367 g/mol. The van der Waals surface area contributed by atoms with E-state index in [2.05, 4.69) is 33.5 Å². The summed E-state index contributed by atoms with van der Waals surface area (Å²) in [6, 6.07) is 14.7. The summed E-state index contributed by atoms with van der Waals surface area (Å²) in [4.78, 5) is 4.43. The minimum Gasteiger partial charge on any atom is -0.338 e. The van der Waals surface area contributed by atoms with Crippen molar-refractivity contribution in [1.29, 1.82) is 0 Å². The minimum atomic E-state index is -0.238. The second-order valence-electron chi connectivity index (χ2n) is 6.93. The monoisotopic (exact) mass is 386 g/mol. The van der Waals surface area contributed by atoms with E-state index in [9.17, 15) is 4.39 Å². The van der Waals surface area contributed by atoms with Crippen LogP contribution in [0.4, 0.5) is 15.9 Å². The maximum atomic E-state index is 13.5. The second kappa shape index (κ2) is 7.01. The SMILES string of the molecule is CCc1ccn2ncnc(Nc3ccc4c(cnn4Cc4cccc(F)c4)c3)c12. The van der Waals surface area contributed by atoms with Crippen molar-refractivity contribution in [2.75, 3.05) is 5.32 Å². The van der Waals surface area contributed by atoms with Crippen molar-refractivity contribution in [3.05, 3.63) is 84.2 Å². The van der Waals surface area contributed by atoms with E-state index in [0.29, 0.717) is 6.54 Å². The molecule has 3 heterocycles. The summed E-state index contributed by atoms with van der Waals surface area (Å²) < 4.78 is 17.2. The third-order valence-corrected chi connectivity index (χ3v) is 5.04. The summed E-state index contributed by atoms with van der Waals surface area (Å²) in [7, 11) is 0. The first-order valence-electron chi connectivity index (χ1n) is 9.49. The fourth-order valence-electron chi connectivity index (χ4n) is 3.63. The Morgan fingerprint density at radius 3 is 2.86 bits per heavy atom. The van der Waals surface area contributed by atoms with Gasteiger partial charge in [-0.25, -0.2) is 13.9 Å². The Labute approximate surface area is 166 Å². The van der Waals surface area contributed by atoms with Gasteiger partial charge in [-0.2, -0.15) is 10.2 Å². The number of benzene rings is 2. The molecule has 0 fully saturated rings. The van der Waals surface area contributed by atoms with Gasteiger partial charge in [0.1, 0.15) is 17.7 Å². The van der Waals surface area contributed by atoms with E-state index in [1.165, 1.54) is 17.7 Å². The zero-order valence-electron chi connectivity index (χ0n) is 15.9. The molecule has 0 radical (unpaired) electrons. The van der Waals surface area contributed by atoms with Crippen LogP contribution in [0.1, 0.15) is 18.1 Å². The maximum Gasteiger partial charge on any atom is 0.158 e. The van der Waals surface area contributed by atoms with Crippen LogP contribution in [0.5, 0.6) is 0 Å². The molecule has 5 aromatic rings. The summed E-state index contributed by atoms with van der Waals surface area (Å²) in [5.41, 5.74) is 4.96. The predicted octanol–water partition coefficient (Wildman–Crippen LogP) is 4.57. The van der Waals surface area contributed by atoms with Crippen LogP contribution in [0.2, 0.25) is 0 Å². The normalized spacial score (nSPS) is 11.4. The Balaban J connectivity index is 1.46. The van der Waals surface area contributed by atoms with Gasteiger partial charge in [0, 0.05) is 17.3 Å². The molecule has 7 heteroatoms. The minimum absolute atomic E-state index is 0.238. The molecule has 144 valence electrons. The second-order valence-corrected chi connectivity index (χ2v) is 6.93. The van der Waals surface area contributed by atoms with E-state index >= 15 is 0 Å². The van der Waals surface area contributed by atoms with Crippen LogP contribution in [0.15, 0.2) is 67.3 Å². The van der Waals surface area contributed by atoms with Gasteiger partial charge in [0.15, 0.2) is 5.82 Å². The molecule has 0 saturated carbocycles. The van der Waals surface area contributed by atoms with E-state index in [1.54, 1.807) is 12.4 Å². The molecule has 0 amide bonds. The van der Waals surface area contributed by atoms with Crippen LogP contribution >= 0.6 is 0 Å². The van der Waals surface area contributed by atoms with Crippen LogP contribution in [0, 0.1) is 5.82 Å². The van der Waals surface area contributed by atoms with Gasteiger partial charge in [-0.3, -0.25) is 4.68 Å². The van der Waals surface area contributed by atoms with Crippen molar-refractivity contribution in [3.63, 3.8) is 0 Å². The van der Waals surface area contributed by atoms with Crippen LogP contribution in [0.3, 0.4) is 0 Å². The van der Waals surface area contributed by atoms with Crippen LogP contribution in [-0.4, -0.2) is 24.4 Å². The highest BCUT2D eigenvalue weighted by atomic mass is 19.1. The molecule has 0 spiro atoms. The van der Waals surface area contributed by atoms with Crippen LogP contribution in [-0.2, 0) is 13.0 Å². The van der Waals surface area contributed by atoms with Gasteiger partial charge in [-0.1, -0.05) is 19.1 Å². The van der Waals surface area contributed by atoms with Gasteiger partial charge in [-0.05, 0) is 53.9 Å². The molecular formula is C22H19FN6. The topological polar surface area (TPSA) is 60.0 Å². The van der Waals surface area contributed by atoms with E-state index in [-0.39, 0.29) is 5.82 Å². The third-order valence-electron chi connectivity index (χ3n) is 5.04. The Morgan fingerprint density at radius 1 is 1.07 bits per heavy atom. The quantitative estimate of drug-likeness (QED) is 0.481. The van der Waals surface area contributed by atoms with E-state index in [1.807, 2.05) is 45.9 Å². The lowest BCUT2D eigenvalue weighted by atomic mass is 10.2. The molecule has 0 aliphatic rings. The lowest BCUT2D eigenvalue weighted by Gasteiger charge is -2.09. The van der Waals surface area contributed by atoms with E-state index in [4.69, 9.17) is 0 Å². The summed E-state index contributed by atoms with van der Waals surface area (Å²) >= 11 is 0. The molecule has 1 N–H and O–H groups in total. The van der Waals surface area contributed by atoms with Crippen molar-refractivity contribution in [3.8, 4) is 0 Å². The molecule has 0 unspecified atom stereocenters. The molecule has 2 aromatic carbocycles. The van der Waals surface area contributed by atoms with Crippen LogP contribution in [0.25, 0.3) is 16.4 Å². The number of halogens is 1. The average Bonchev–Trinajstić information content (AvgIpc) is 3.32. The van der Waals surface area contributed by atoms with Gasteiger partial charge >= 0.3 is 0 Å². The first kappa shape index (κ1) is 17.4. The third kappa shape index (κ3) is 3.20. The van der Waals surface area contributed by atoms with Crippen molar-refractivity contribution in [2.24, 2.45) is 0 Å². The van der Waals surface area contributed by atoms with Crippen molar-refractivity contribution < 1.29 is 4.39 Å². The molecule has 0 aliphatic carbocycles. The zero-order chi connectivity index (χ0) is 19.8. The van der Waals surface area contributed by atoms with E-state index < -0.39 is 0 Å². The highest BCUT2D eigenvalue weighted by molar-refractivity contribution is 5.85. The number of aryl methyl sites for hydroxylation is 1. The molecule has 0 aliphatic heterocycles. The van der Waals surface area contributed by atoms with Gasteiger partial charge < -0.3 is 5.32 Å². The number of nitrogens with zero attached hydrogens (tertiary/aromatic N) is 5. The largest absolute Gasteiger partial charge is 0.338 e. The molecule has 0 saturated heterocycles. The number of aromatic nitrogens is 5. The standard InChI is InChI=1S/C22H19FN6/c1-2-16-8-9-28-21(16)22(24-14-26-28)27-19-6-7-20-17(11-19)12-25-29(20)13-15-4-3-5-18(23)10-15/h3-12,14H,2,13H2,1H3,(H,24,26,27).